The highest BCUT2D eigenvalue weighted by molar-refractivity contribution is 9.13. The average molecular weight is 355 g/mol. The monoisotopic (exact) mass is 353 g/mol. The highest BCUT2D eigenvalue weighted by atomic mass is 79.9. The lowest BCUT2D eigenvalue weighted by atomic mass is 10.2. The Bertz CT molecular complexity index is 598. The van der Waals surface area contributed by atoms with Gasteiger partial charge in [0.2, 0.25) is 0 Å². The van der Waals surface area contributed by atoms with Crippen LogP contribution in [0.15, 0.2) is 45.3 Å². The molecule has 0 unspecified atom stereocenters. The Balaban J connectivity index is 2.20. The average Bonchev–Trinajstić information content (AvgIpc) is 2.32. The van der Waals surface area contributed by atoms with Crippen LogP contribution in [0.4, 0.5) is 11.4 Å². The van der Waals surface area contributed by atoms with E-state index in [1.165, 1.54) is 0 Å². The summed E-state index contributed by atoms with van der Waals surface area (Å²) in [7, 11) is 2.04. The first-order valence-electron chi connectivity index (χ1n) is 5.16. The van der Waals surface area contributed by atoms with Gasteiger partial charge in [-0.15, -0.1) is 0 Å². The van der Waals surface area contributed by atoms with E-state index in [0.717, 1.165) is 31.8 Å². The minimum Gasteiger partial charge on any atom is -0.453 e. The quantitative estimate of drug-likeness (QED) is 0.653. The van der Waals surface area contributed by atoms with Gasteiger partial charge in [0, 0.05) is 16.0 Å². The van der Waals surface area contributed by atoms with Crippen molar-refractivity contribution in [3.05, 3.63) is 45.3 Å². The van der Waals surface area contributed by atoms with E-state index in [9.17, 15) is 0 Å². The van der Waals surface area contributed by atoms with E-state index < -0.39 is 0 Å². The molecule has 2 aromatic rings. The molecule has 3 rings (SSSR count). The van der Waals surface area contributed by atoms with Crippen molar-refractivity contribution >= 4 is 43.2 Å². The largest absolute Gasteiger partial charge is 0.453 e. The predicted octanol–water partition coefficient (Wildman–Crippen LogP) is 5.09. The second-order valence-electron chi connectivity index (χ2n) is 3.86. The normalized spacial score (nSPS) is 12.8. The highest BCUT2D eigenvalue weighted by Gasteiger charge is 2.22. The summed E-state index contributed by atoms with van der Waals surface area (Å²) in [6.07, 6.45) is 0. The molecule has 2 nitrogen and oxygen atoms in total. The molecule has 2 aromatic carbocycles. The van der Waals surface area contributed by atoms with Crippen molar-refractivity contribution in [3.63, 3.8) is 0 Å². The second kappa shape index (κ2) is 4.03. The summed E-state index contributed by atoms with van der Waals surface area (Å²) in [6.45, 7) is 0. The molecule has 0 fully saturated rings. The van der Waals surface area contributed by atoms with E-state index in [0.29, 0.717) is 0 Å². The number of nitrogens with zero attached hydrogens (tertiary/aromatic N) is 1. The summed E-state index contributed by atoms with van der Waals surface area (Å²) in [5, 5.41) is 0. The van der Waals surface area contributed by atoms with Crippen LogP contribution in [0.3, 0.4) is 0 Å². The molecule has 0 spiro atoms. The first-order chi connectivity index (χ1) is 8.16. The molecule has 0 radical (unpaired) electrons. The molecule has 0 saturated heterocycles. The van der Waals surface area contributed by atoms with Crippen LogP contribution in [0, 0.1) is 0 Å². The van der Waals surface area contributed by atoms with Gasteiger partial charge >= 0.3 is 0 Å². The van der Waals surface area contributed by atoms with Crippen LogP contribution < -0.4 is 9.64 Å². The van der Waals surface area contributed by atoms with Crippen LogP contribution in [-0.4, -0.2) is 7.05 Å². The van der Waals surface area contributed by atoms with Crippen molar-refractivity contribution in [2.45, 2.75) is 0 Å². The van der Waals surface area contributed by atoms with Gasteiger partial charge in [-0.25, -0.2) is 0 Å². The molecule has 0 amide bonds. The van der Waals surface area contributed by atoms with Crippen molar-refractivity contribution in [2.24, 2.45) is 0 Å². The fraction of sp³-hybridized carbons (Fsp3) is 0.0769. The number of benzene rings is 2. The van der Waals surface area contributed by atoms with E-state index in [1.54, 1.807) is 0 Å². The second-order valence-corrected chi connectivity index (χ2v) is 5.57. The number of hydrogen-bond donors (Lipinski definition) is 0. The molecular formula is C13H9Br2NO. The van der Waals surface area contributed by atoms with Gasteiger partial charge in [0.15, 0.2) is 11.5 Å². The minimum atomic E-state index is 0.862. The Morgan fingerprint density at radius 1 is 0.941 bits per heavy atom. The summed E-state index contributed by atoms with van der Waals surface area (Å²) in [4.78, 5) is 2.13. The molecule has 0 N–H and O–H groups in total. The van der Waals surface area contributed by atoms with Crippen LogP contribution >= 0.6 is 31.9 Å². The van der Waals surface area contributed by atoms with Gasteiger partial charge in [0.1, 0.15) is 0 Å². The number of fused-ring (bicyclic) bond motifs is 2. The molecular weight excluding hydrogens is 346 g/mol. The molecule has 0 aliphatic carbocycles. The molecule has 4 heteroatoms. The molecule has 0 bridgehead atoms. The van der Waals surface area contributed by atoms with E-state index in [1.807, 2.05) is 37.4 Å². The molecule has 1 aliphatic rings. The third kappa shape index (κ3) is 1.76. The predicted molar refractivity (Wildman–Crippen MR) is 76.4 cm³/mol. The van der Waals surface area contributed by atoms with Gasteiger partial charge in [0.25, 0.3) is 0 Å². The van der Waals surface area contributed by atoms with E-state index in [-0.39, 0.29) is 0 Å². The number of halogens is 2. The lowest BCUT2D eigenvalue weighted by Crippen LogP contribution is -2.15. The SMILES string of the molecule is CN1c2ccccc2Oc2cc(Br)c(Br)cc21. The van der Waals surface area contributed by atoms with Crippen molar-refractivity contribution in [1.82, 2.24) is 0 Å². The lowest BCUT2D eigenvalue weighted by molar-refractivity contribution is 0.475. The number of para-hydroxylation sites is 2. The molecule has 86 valence electrons. The smallest absolute Gasteiger partial charge is 0.152 e. The zero-order valence-electron chi connectivity index (χ0n) is 9.08. The van der Waals surface area contributed by atoms with Crippen molar-refractivity contribution < 1.29 is 4.74 Å². The first-order valence-corrected chi connectivity index (χ1v) is 6.75. The highest BCUT2D eigenvalue weighted by Crippen LogP contribution is 2.47. The maximum absolute atomic E-state index is 5.89. The molecule has 17 heavy (non-hydrogen) atoms. The summed E-state index contributed by atoms with van der Waals surface area (Å²) in [6, 6.07) is 12.0. The van der Waals surface area contributed by atoms with E-state index >= 15 is 0 Å². The Morgan fingerprint density at radius 3 is 2.47 bits per heavy atom. The Hall–Kier alpha value is -1.000. The number of rotatable bonds is 0. The fourth-order valence-corrected chi connectivity index (χ4v) is 2.58. The summed E-state index contributed by atoms with van der Waals surface area (Å²) < 4.78 is 7.90. The maximum atomic E-state index is 5.89. The van der Waals surface area contributed by atoms with Crippen LogP contribution in [0.25, 0.3) is 0 Å². The first kappa shape index (κ1) is 11.1. The number of anilines is 2. The van der Waals surface area contributed by atoms with Crippen LogP contribution in [0.2, 0.25) is 0 Å². The van der Waals surface area contributed by atoms with Crippen LogP contribution in [0.1, 0.15) is 0 Å². The summed E-state index contributed by atoms with van der Waals surface area (Å²) in [5.41, 5.74) is 2.13. The Kier molecular flexibility index (Phi) is 2.64. The van der Waals surface area contributed by atoms with Crippen molar-refractivity contribution in [1.29, 1.82) is 0 Å². The molecule has 1 heterocycles. The molecule has 0 atom stereocenters. The van der Waals surface area contributed by atoms with Gasteiger partial charge in [-0.1, -0.05) is 12.1 Å². The summed E-state index contributed by atoms with van der Waals surface area (Å²) >= 11 is 7.00. The third-order valence-corrected chi connectivity index (χ3v) is 4.65. The van der Waals surface area contributed by atoms with Gasteiger partial charge in [-0.2, -0.15) is 0 Å². The molecule has 0 saturated carbocycles. The van der Waals surface area contributed by atoms with E-state index in [2.05, 4.69) is 42.8 Å². The topological polar surface area (TPSA) is 12.5 Å². The standard InChI is InChI=1S/C13H9Br2NO/c1-16-10-4-2-3-5-12(10)17-13-7-9(15)8(14)6-11(13)16/h2-7H,1H3. The van der Waals surface area contributed by atoms with Gasteiger partial charge in [0.05, 0.1) is 11.4 Å². The number of hydrogen-bond acceptors (Lipinski definition) is 2. The zero-order valence-corrected chi connectivity index (χ0v) is 12.2. The summed E-state index contributed by atoms with van der Waals surface area (Å²) in [5.74, 6) is 1.75. The van der Waals surface area contributed by atoms with Crippen LogP contribution in [-0.2, 0) is 0 Å². The van der Waals surface area contributed by atoms with Gasteiger partial charge < -0.3 is 9.64 Å². The molecule has 1 aliphatic heterocycles. The fourth-order valence-electron chi connectivity index (χ4n) is 1.93. The van der Waals surface area contributed by atoms with Crippen molar-refractivity contribution in [2.75, 3.05) is 11.9 Å². The Labute approximate surface area is 116 Å². The zero-order chi connectivity index (χ0) is 12.0. The maximum Gasteiger partial charge on any atom is 0.152 e. The number of ether oxygens (including phenoxy) is 1. The Morgan fingerprint density at radius 2 is 1.65 bits per heavy atom. The van der Waals surface area contributed by atoms with E-state index in [4.69, 9.17) is 4.74 Å². The van der Waals surface area contributed by atoms with Crippen LogP contribution in [0.5, 0.6) is 11.5 Å². The third-order valence-electron chi connectivity index (χ3n) is 2.81. The molecule has 0 aromatic heterocycles. The van der Waals surface area contributed by atoms with Crippen molar-refractivity contribution in [3.8, 4) is 11.5 Å². The van der Waals surface area contributed by atoms with Gasteiger partial charge in [-0.05, 0) is 56.1 Å². The van der Waals surface area contributed by atoms with Gasteiger partial charge in [-0.3, -0.25) is 0 Å². The minimum absolute atomic E-state index is 0.862. The lowest BCUT2D eigenvalue weighted by Gasteiger charge is -2.29.